The van der Waals surface area contributed by atoms with Gasteiger partial charge in [-0.05, 0) is 4.92 Å². The molecule has 0 aliphatic carbocycles. The van der Waals surface area contributed by atoms with E-state index in [1.54, 1.807) is 16.5 Å². The zero-order valence-corrected chi connectivity index (χ0v) is 8.92. The van der Waals surface area contributed by atoms with Crippen molar-refractivity contribution in [3.63, 3.8) is 0 Å². The van der Waals surface area contributed by atoms with Gasteiger partial charge < -0.3 is 15.0 Å². The van der Waals surface area contributed by atoms with Crippen molar-refractivity contribution in [3.05, 3.63) is 21.9 Å². The first-order chi connectivity index (χ1) is 7.61. The third-order valence-electron chi connectivity index (χ3n) is 2.63. The number of rotatable bonds is 2. The fraction of sp³-hybridized carbons (Fsp3) is 0.556. The first-order valence-electron chi connectivity index (χ1n) is 5.10. The van der Waals surface area contributed by atoms with Gasteiger partial charge in [0, 0.05) is 13.0 Å². The van der Waals surface area contributed by atoms with Crippen molar-refractivity contribution in [2.24, 2.45) is 0 Å². The van der Waals surface area contributed by atoms with Crippen LogP contribution in [-0.2, 0) is 17.9 Å². The van der Waals surface area contributed by atoms with E-state index in [-0.39, 0.29) is 11.7 Å². The lowest BCUT2D eigenvalue weighted by molar-refractivity contribution is -0.389. The monoisotopic (exact) mass is 224 g/mol. The van der Waals surface area contributed by atoms with Gasteiger partial charge in [-0.25, -0.2) is 0 Å². The molecule has 1 aliphatic rings. The average molecular weight is 224 g/mol. The third kappa shape index (κ3) is 1.75. The molecule has 7 heteroatoms. The van der Waals surface area contributed by atoms with Crippen LogP contribution in [0, 0.1) is 10.1 Å². The van der Waals surface area contributed by atoms with Crippen molar-refractivity contribution in [2.75, 3.05) is 6.54 Å². The van der Waals surface area contributed by atoms with Gasteiger partial charge in [0.15, 0.2) is 0 Å². The summed E-state index contributed by atoms with van der Waals surface area (Å²) >= 11 is 0. The maximum absolute atomic E-state index is 11.5. The molecule has 0 unspecified atom stereocenters. The maximum Gasteiger partial charge on any atom is 0.390 e. The Morgan fingerprint density at radius 1 is 1.62 bits per heavy atom. The summed E-state index contributed by atoms with van der Waals surface area (Å²) in [6.45, 7) is 3.30. The molecule has 0 fully saturated rings. The Labute approximate surface area is 91.8 Å². The van der Waals surface area contributed by atoms with E-state index in [4.69, 9.17) is 0 Å². The molecule has 0 spiro atoms. The van der Waals surface area contributed by atoms with Crippen LogP contribution in [0.1, 0.15) is 19.0 Å². The maximum atomic E-state index is 11.5. The molecule has 0 bridgehead atoms. The van der Waals surface area contributed by atoms with Crippen molar-refractivity contribution < 1.29 is 9.72 Å². The number of nitro groups is 1. The summed E-state index contributed by atoms with van der Waals surface area (Å²) in [5.74, 6) is -0.0871. The van der Waals surface area contributed by atoms with Crippen LogP contribution in [-0.4, -0.2) is 32.1 Å². The van der Waals surface area contributed by atoms with Gasteiger partial charge in [0.25, 0.3) is 0 Å². The highest BCUT2D eigenvalue weighted by atomic mass is 16.6. The molecule has 86 valence electrons. The van der Waals surface area contributed by atoms with E-state index in [0.29, 0.717) is 26.1 Å². The Hall–Kier alpha value is -1.92. The van der Waals surface area contributed by atoms with Crippen LogP contribution in [0.3, 0.4) is 0 Å². The van der Waals surface area contributed by atoms with E-state index in [1.807, 2.05) is 0 Å². The summed E-state index contributed by atoms with van der Waals surface area (Å²) < 4.78 is 1.59. The number of carbonyl (C=O) groups is 1. The van der Waals surface area contributed by atoms with E-state index >= 15 is 0 Å². The quantitative estimate of drug-likeness (QED) is 0.542. The van der Waals surface area contributed by atoms with Gasteiger partial charge in [-0.3, -0.25) is 4.79 Å². The van der Waals surface area contributed by atoms with Crippen LogP contribution in [0.5, 0.6) is 0 Å². The SMILES string of the molecule is CCC(=O)N1CCn2nc([N+](=O)[O-])cc2C1. The van der Waals surface area contributed by atoms with Crippen molar-refractivity contribution >= 4 is 11.7 Å². The van der Waals surface area contributed by atoms with Gasteiger partial charge in [-0.1, -0.05) is 6.92 Å². The summed E-state index contributed by atoms with van der Waals surface area (Å²) in [6, 6.07) is 1.43. The number of aromatic nitrogens is 2. The second-order valence-corrected chi connectivity index (χ2v) is 3.64. The Kier molecular flexibility index (Phi) is 2.59. The average Bonchev–Trinajstić information content (AvgIpc) is 2.70. The molecule has 1 amide bonds. The number of nitrogens with zero attached hydrogens (tertiary/aromatic N) is 4. The highest BCUT2D eigenvalue weighted by molar-refractivity contribution is 5.75. The summed E-state index contributed by atoms with van der Waals surface area (Å²) in [6.07, 6.45) is 0.455. The van der Waals surface area contributed by atoms with E-state index in [2.05, 4.69) is 5.10 Å². The second kappa shape index (κ2) is 3.92. The molecular weight excluding hydrogens is 212 g/mol. The predicted molar refractivity (Wildman–Crippen MR) is 54.6 cm³/mol. The number of fused-ring (bicyclic) bond motifs is 1. The summed E-state index contributed by atoms with van der Waals surface area (Å²) in [4.78, 5) is 23.2. The molecule has 0 atom stereocenters. The molecule has 7 nitrogen and oxygen atoms in total. The molecule has 0 radical (unpaired) electrons. The second-order valence-electron chi connectivity index (χ2n) is 3.64. The zero-order valence-electron chi connectivity index (χ0n) is 8.92. The molecule has 0 saturated carbocycles. The van der Waals surface area contributed by atoms with Crippen molar-refractivity contribution in [1.82, 2.24) is 14.7 Å². The first kappa shape index (κ1) is 10.6. The van der Waals surface area contributed by atoms with E-state index in [1.165, 1.54) is 6.07 Å². The van der Waals surface area contributed by atoms with Crippen LogP contribution in [0.25, 0.3) is 0 Å². The van der Waals surface area contributed by atoms with Crippen molar-refractivity contribution in [1.29, 1.82) is 0 Å². The van der Waals surface area contributed by atoms with Crippen LogP contribution in [0.15, 0.2) is 6.07 Å². The molecule has 0 saturated heterocycles. The minimum Gasteiger partial charge on any atom is -0.358 e. The highest BCUT2D eigenvalue weighted by Crippen LogP contribution is 2.18. The fourth-order valence-electron chi connectivity index (χ4n) is 1.78. The Morgan fingerprint density at radius 3 is 3.00 bits per heavy atom. The number of amides is 1. The van der Waals surface area contributed by atoms with Crippen LogP contribution < -0.4 is 0 Å². The largest absolute Gasteiger partial charge is 0.390 e. The summed E-state index contributed by atoms with van der Waals surface area (Å²) in [7, 11) is 0. The van der Waals surface area contributed by atoms with Gasteiger partial charge in [-0.15, -0.1) is 0 Å². The minimum atomic E-state index is -0.517. The number of carbonyl (C=O) groups excluding carboxylic acids is 1. The van der Waals surface area contributed by atoms with E-state index in [0.717, 1.165) is 5.69 Å². The Balaban J connectivity index is 2.20. The summed E-state index contributed by atoms with van der Waals surface area (Å²) in [5.41, 5.74) is 0.722. The van der Waals surface area contributed by atoms with Gasteiger partial charge >= 0.3 is 5.82 Å². The van der Waals surface area contributed by atoms with Crippen LogP contribution in [0.2, 0.25) is 0 Å². The fourth-order valence-corrected chi connectivity index (χ4v) is 1.78. The molecule has 1 aromatic heterocycles. The first-order valence-corrected chi connectivity index (χ1v) is 5.10. The van der Waals surface area contributed by atoms with E-state index in [9.17, 15) is 14.9 Å². The molecule has 1 aromatic rings. The van der Waals surface area contributed by atoms with Gasteiger partial charge in [0.2, 0.25) is 5.91 Å². The molecule has 0 N–H and O–H groups in total. The molecule has 1 aliphatic heterocycles. The van der Waals surface area contributed by atoms with E-state index < -0.39 is 4.92 Å². The lowest BCUT2D eigenvalue weighted by Crippen LogP contribution is -2.37. The highest BCUT2D eigenvalue weighted by Gasteiger charge is 2.25. The summed E-state index contributed by atoms with van der Waals surface area (Å²) in [5, 5.41) is 14.4. The van der Waals surface area contributed by atoms with Gasteiger partial charge in [0.05, 0.1) is 29.9 Å². The van der Waals surface area contributed by atoms with Crippen LogP contribution in [0.4, 0.5) is 5.82 Å². The standard InChI is InChI=1S/C9H12N4O3/c1-2-9(14)11-3-4-12-7(6-11)5-8(10-12)13(15)16/h5H,2-4,6H2,1H3. The minimum absolute atomic E-state index is 0.0649. The molecule has 16 heavy (non-hydrogen) atoms. The molecule has 2 rings (SSSR count). The Bertz CT molecular complexity index is 440. The molecule has 2 heterocycles. The lowest BCUT2D eigenvalue weighted by Gasteiger charge is -2.25. The van der Waals surface area contributed by atoms with Gasteiger partial charge in [-0.2, -0.15) is 4.68 Å². The zero-order chi connectivity index (χ0) is 11.7. The topological polar surface area (TPSA) is 81.3 Å². The van der Waals surface area contributed by atoms with Crippen LogP contribution >= 0.6 is 0 Å². The van der Waals surface area contributed by atoms with Crippen molar-refractivity contribution in [3.8, 4) is 0 Å². The normalized spacial score (nSPS) is 14.7. The third-order valence-corrected chi connectivity index (χ3v) is 2.63. The smallest absolute Gasteiger partial charge is 0.358 e. The molecular formula is C9H12N4O3. The Morgan fingerprint density at radius 2 is 2.38 bits per heavy atom. The van der Waals surface area contributed by atoms with Gasteiger partial charge in [0.1, 0.15) is 0 Å². The predicted octanol–water partition coefficient (Wildman–Crippen LogP) is 0.544. The lowest BCUT2D eigenvalue weighted by atomic mass is 10.3. The number of hydrogen-bond donors (Lipinski definition) is 0. The molecule has 0 aromatic carbocycles. The van der Waals surface area contributed by atoms with Crippen molar-refractivity contribution in [2.45, 2.75) is 26.4 Å². The number of hydrogen-bond acceptors (Lipinski definition) is 4.